The topological polar surface area (TPSA) is 54.7 Å². The van der Waals surface area contributed by atoms with E-state index in [0.717, 1.165) is 18.2 Å². The minimum Gasteiger partial charge on any atom is -0.496 e. The number of aromatic nitrogens is 1. The maximum Gasteiger partial charge on any atom is 0.433 e. The molecule has 3 aromatic rings. The number of rotatable bonds is 6. The molecule has 0 bridgehead atoms. The van der Waals surface area contributed by atoms with Crippen LogP contribution >= 0.6 is 0 Å². The molecule has 0 amide bonds. The van der Waals surface area contributed by atoms with Crippen LogP contribution < -0.4 is 4.74 Å². The van der Waals surface area contributed by atoms with Crippen molar-refractivity contribution in [1.82, 2.24) is 4.98 Å². The second-order valence-electron chi connectivity index (χ2n) is 8.62. The van der Waals surface area contributed by atoms with Gasteiger partial charge in [0, 0.05) is 17.2 Å². The van der Waals surface area contributed by atoms with Gasteiger partial charge in [-0.05, 0) is 54.3 Å². The lowest BCUT2D eigenvalue weighted by atomic mass is 9.74. The van der Waals surface area contributed by atoms with Gasteiger partial charge in [0.25, 0.3) is 0 Å². The highest BCUT2D eigenvalue weighted by Gasteiger charge is 2.55. The third-order valence-electron chi connectivity index (χ3n) is 5.51. The summed E-state index contributed by atoms with van der Waals surface area (Å²) in [4.78, 5) is 7.27. The summed E-state index contributed by atoms with van der Waals surface area (Å²) >= 11 is 0. The van der Waals surface area contributed by atoms with Gasteiger partial charge in [-0.2, -0.15) is 26.3 Å². The molecular weight excluding hydrogens is 481 g/mol. The van der Waals surface area contributed by atoms with Gasteiger partial charge >= 0.3 is 12.4 Å². The molecule has 0 fully saturated rings. The molecule has 0 aliphatic rings. The number of benzene rings is 2. The quantitative estimate of drug-likeness (QED) is 0.299. The minimum absolute atomic E-state index is 0.0623. The Hall–Kier alpha value is -3.21. The van der Waals surface area contributed by atoms with Crippen LogP contribution in [0.15, 0.2) is 53.5 Å². The number of aliphatic hydroxyl groups is 1. The van der Waals surface area contributed by atoms with Crippen LogP contribution in [0.4, 0.5) is 36.4 Å². The first-order valence-electron chi connectivity index (χ1n) is 10.2. The highest BCUT2D eigenvalue weighted by atomic mass is 19.4. The molecule has 1 heterocycles. The average molecular weight is 502 g/mol. The normalized spacial score (nSPS) is 14.9. The van der Waals surface area contributed by atoms with Crippen LogP contribution in [-0.2, 0) is 11.6 Å². The van der Waals surface area contributed by atoms with Crippen LogP contribution in [0.3, 0.4) is 0 Å². The van der Waals surface area contributed by atoms with Crippen molar-refractivity contribution in [2.24, 2.45) is 4.99 Å². The van der Waals surface area contributed by atoms with Gasteiger partial charge in [0.1, 0.15) is 17.3 Å². The van der Waals surface area contributed by atoms with Gasteiger partial charge in [-0.3, -0.25) is 4.99 Å². The molecule has 2 aromatic carbocycles. The monoisotopic (exact) mass is 502 g/mol. The van der Waals surface area contributed by atoms with Crippen molar-refractivity contribution < 1.29 is 40.6 Å². The van der Waals surface area contributed by atoms with E-state index in [-0.39, 0.29) is 27.9 Å². The molecule has 0 radical (unpaired) electrons. The Labute approximate surface area is 196 Å². The number of alkyl halides is 6. The number of ether oxygens (including phenoxy) is 1. The predicted molar refractivity (Wildman–Crippen MR) is 116 cm³/mol. The number of halogens is 7. The van der Waals surface area contributed by atoms with E-state index in [4.69, 9.17) is 4.74 Å². The van der Waals surface area contributed by atoms with Crippen LogP contribution in [0.5, 0.6) is 5.75 Å². The summed E-state index contributed by atoms with van der Waals surface area (Å²) in [6.45, 7) is 2.77. The molecule has 1 unspecified atom stereocenters. The van der Waals surface area contributed by atoms with Gasteiger partial charge < -0.3 is 9.84 Å². The van der Waals surface area contributed by atoms with Crippen molar-refractivity contribution >= 4 is 22.8 Å². The highest BCUT2D eigenvalue weighted by Crippen LogP contribution is 2.43. The van der Waals surface area contributed by atoms with E-state index in [0.29, 0.717) is 12.3 Å². The Morgan fingerprint density at radius 2 is 1.69 bits per heavy atom. The zero-order chi connectivity index (χ0) is 26.2. The van der Waals surface area contributed by atoms with Crippen LogP contribution in [0.25, 0.3) is 10.9 Å². The fourth-order valence-electron chi connectivity index (χ4n) is 3.78. The van der Waals surface area contributed by atoms with Crippen LogP contribution in [0.1, 0.15) is 31.5 Å². The standard InChI is InChI=1S/C24H21F7N2O2/c1-21(2,16-11-14(25)7-9-19(16)35-3)12-22(34,24(29,30)31)13-32-17-5-4-6-18-15(17)8-10-20(33-18)23(26,27)28/h4-11,13,34H,12H2,1-3H3. The number of nitrogens with zero attached hydrogens (tertiary/aromatic N) is 2. The van der Waals surface area contributed by atoms with Gasteiger partial charge in [-0.25, -0.2) is 9.37 Å². The lowest BCUT2D eigenvalue weighted by Crippen LogP contribution is -2.50. The van der Waals surface area contributed by atoms with Gasteiger partial charge in [0.2, 0.25) is 0 Å². The third-order valence-corrected chi connectivity index (χ3v) is 5.51. The molecule has 0 saturated heterocycles. The number of pyridine rings is 1. The first-order chi connectivity index (χ1) is 16.1. The zero-order valence-electron chi connectivity index (χ0n) is 18.8. The van der Waals surface area contributed by atoms with Crippen molar-refractivity contribution in [3.8, 4) is 5.75 Å². The Kier molecular flexibility index (Phi) is 6.86. The van der Waals surface area contributed by atoms with E-state index in [2.05, 4.69) is 9.98 Å². The highest BCUT2D eigenvalue weighted by molar-refractivity contribution is 5.92. The lowest BCUT2D eigenvalue weighted by Gasteiger charge is -2.36. The summed E-state index contributed by atoms with van der Waals surface area (Å²) in [7, 11) is 1.28. The Morgan fingerprint density at radius 3 is 2.29 bits per heavy atom. The zero-order valence-corrected chi connectivity index (χ0v) is 18.8. The largest absolute Gasteiger partial charge is 0.496 e. The van der Waals surface area contributed by atoms with E-state index in [9.17, 15) is 35.8 Å². The Morgan fingerprint density at radius 1 is 1.00 bits per heavy atom. The fourth-order valence-corrected chi connectivity index (χ4v) is 3.78. The van der Waals surface area contributed by atoms with Crippen LogP contribution in [0.2, 0.25) is 0 Å². The van der Waals surface area contributed by atoms with E-state index < -0.39 is 41.3 Å². The number of aliphatic imine (C=N–C) groups is 1. The van der Waals surface area contributed by atoms with Gasteiger partial charge in [0.05, 0.1) is 18.3 Å². The predicted octanol–water partition coefficient (Wildman–Crippen LogP) is 6.76. The summed E-state index contributed by atoms with van der Waals surface area (Å²) < 4.78 is 99.9. The second-order valence-corrected chi connectivity index (χ2v) is 8.62. The van der Waals surface area contributed by atoms with E-state index >= 15 is 0 Å². The lowest BCUT2D eigenvalue weighted by molar-refractivity contribution is -0.234. The van der Waals surface area contributed by atoms with Crippen LogP contribution in [-0.4, -0.2) is 35.2 Å². The van der Waals surface area contributed by atoms with Crippen LogP contribution in [0, 0.1) is 5.82 Å². The SMILES string of the molecule is COc1ccc(F)cc1C(C)(C)CC(O)(C=Nc1cccc2nc(C(F)(F)F)ccc12)C(F)(F)F. The molecule has 11 heteroatoms. The average Bonchev–Trinajstić information content (AvgIpc) is 2.75. The number of hydrogen-bond donors (Lipinski definition) is 1. The third kappa shape index (κ3) is 5.55. The molecule has 3 rings (SSSR count). The molecule has 4 nitrogen and oxygen atoms in total. The Balaban J connectivity index is 2.04. The minimum atomic E-state index is -5.18. The number of methoxy groups -OCH3 is 1. The molecule has 1 N–H and O–H groups in total. The maximum atomic E-state index is 14.0. The first-order valence-corrected chi connectivity index (χ1v) is 10.2. The molecule has 35 heavy (non-hydrogen) atoms. The van der Waals surface area contributed by atoms with Gasteiger partial charge in [-0.1, -0.05) is 19.9 Å². The van der Waals surface area contributed by atoms with Gasteiger partial charge in [0.15, 0.2) is 5.60 Å². The molecular formula is C24H21F7N2O2. The molecule has 1 aromatic heterocycles. The smallest absolute Gasteiger partial charge is 0.433 e. The van der Waals surface area contributed by atoms with Crippen molar-refractivity contribution in [3.63, 3.8) is 0 Å². The maximum absolute atomic E-state index is 14.0. The van der Waals surface area contributed by atoms with Crippen molar-refractivity contribution in [2.75, 3.05) is 7.11 Å². The summed E-state index contributed by atoms with van der Waals surface area (Å²) in [5, 5.41) is 10.8. The van der Waals surface area contributed by atoms with E-state index in [1.807, 2.05) is 0 Å². The summed E-state index contributed by atoms with van der Waals surface area (Å²) in [6, 6.07) is 8.96. The van der Waals surface area contributed by atoms with E-state index in [1.54, 1.807) is 0 Å². The molecule has 188 valence electrons. The summed E-state index contributed by atoms with van der Waals surface area (Å²) in [5.41, 5.74) is -6.21. The van der Waals surface area contributed by atoms with E-state index in [1.165, 1.54) is 45.2 Å². The molecule has 0 spiro atoms. The summed E-state index contributed by atoms with van der Waals surface area (Å²) in [6.07, 6.45) is -10.5. The Bertz CT molecular complexity index is 1250. The molecule has 0 aliphatic heterocycles. The van der Waals surface area contributed by atoms with Crippen molar-refractivity contribution in [2.45, 2.75) is 43.6 Å². The molecule has 0 aliphatic carbocycles. The number of fused-ring (bicyclic) bond motifs is 1. The fraction of sp³-hybridized carbons (Fsp3) is 0.333. The van der Waals surface area contributed by atoms with Crippen molar-refractivity contribution in [3.05, 3.63) is 65.6 Å². The van der Waals surface area contributed by atoms with Gasteiger partial charge in [-0.15, -0.1) is 0 Å². The second kappa shape index (κ2) is 9.10. The molecule has 0 saturated carbocycles. The summed E-state index contributed by atoms with van der Waals surface area (Å²) in [5.74, 6) is -0.557. The number of hydrogen-bond acceptors (Lipinski definition) is 4. The first kappa shape index (κ1) is 26.4. The van der Waals surface area contributed by atoms with Crippen molar-refractivity contribution in [1.29, 1.82) is 0 Å². The molecule has 1 atom stereocenters.